The summed E-state index contributed by atoms with van der Waals surface area (Å²) in [6, 6.07) is 6.17. The maximum absolute atomic E-state index is 13.1. The number of rotatable bonds is 7. The van der Waals surface area contributed by atoms with Crippen LogP contribution in [0, 0.1) is 17.8 Å². The Bertz CT molecular complexity index is 829. The van der Waals surface area contributed by atoms with Crippen molar-refractivity contribution in [2.45, 2.75) is 39.0 Å². The van der Waals surface area contributed by atoms with Gasteiger partial charge in [-0.3, -0.25) is 9.59 Å². The molecule has 1 amide bonds. The van der Waals surface area contributed by atoms with Crippen molar-refractivity contribution in [3.05, 3.63) is 29.8 Å². The molecule has 1 aromatic carbocycles. The van der Waals surface area contributed by atoms with Crippen molar-refractivity contribution in [2.75, 3.05) is 33.3 Å². The number of hydrogen-bond acceptors (Lipinski definition) is 5. The molecule has 162 valence electrons. The number of carbonyl (C=O) groups is 2. The van der Waals surface area contributed by atoms with Crippen molar-refractivity contribution >= 4 is 21.9 Å². The zero-order valence-electron chi connectivity index (χ0n) is 17.9. The van der Waals surface area contributed by atoms with Crippen LogP contribution in [0.15, 0.2) is 29.2 Å². The molecule has 1 aliphatic heterocycles. The van der Waals surface area contributed by atoms with E-state index in [1.54, 1.807) is 19.1 Å². The normalized spacial score (nSPS) is 21.4. The van der Waals surface area contributed by atoms with E-state index in [4.69, 9.17) is 4.74 Å². The van der Waals surface area contributed by atoms with Gasteiger partial charge in [-0.15, -0.1) is 0 Å². The Kier molecular flexibility index (Phi) is 7.82. The molecule has 8 heteroatoms. The average molecular weight is 425 g/mol. The minimum Gasteiger partial charge on any atom is -0.469 e. The third kappa shape index (κ3) is 5.57. The number of methoxy groups -OCH3 is 1. The van der Waals surface area contributed by atoms with E-state index in [-0.39, 0.29) is 23.3 Å². The van der Waals surface area contributed by atoms with E-state index in [1.807, 2.05) is 6.92 Å². The molecule has 0 radical (unpaired) electrons. The molecule has 1 fully saturated rings. The van der Waals surface area contributed by atoms with Crippen molar-refractivity contribution in [3.8, 4) is 0 Å². The highest BCUT2D eigenvalue weighted by molar-refractivity contribution is 7.89. The van der Waals surface area contributed by atoms with Gasteiger partial charge in [0.25, 0.3) is 5.91 Å². The zero-order chi connectivity index (χ0) is 21.8. The monoisotopic (exact) mass is 424 g/mol. The molecule has 0 N–H and O–H groups in total. The molecule has 1 saturated heterocycles. The van der Waals surface area contributed by atoms with E-state index in [2.05, 4.69) is 13.8 Å². The number of benzene rings is 1. The Morgan fingerprint density at radius 2 is 1.86 bits per heavy atom. The second-order valence-electron chi connectivity index (χ2n) is 8.06. The molecule has 1 aliphatic rings. The summed E-state index contributed by atoms with van der Waals surface area (Å²) >= 11 is 0. The van der Waals surface area contributed by atoms with Gasteiger partial charge in [0.15, 0.2) is 0 Å². The predicted molar refractivity (Wildman–Crippen MR) is 111 cm³/mol. The van der Waals surface area contributed by atoms with Gasteiger partial charge < -0.3 is 9.64 Å². The third-order valence-corrected chi connectivity index (χ3v) is 7.15. The molecule has 3 unspecified atom stereocenters. The van der Waals surface area contributed by atoms with Gasteiger partial charge in [-0.2, -0.15) is 4.31 Å². The molecule has 0 saturated carbocycles. The fraction of sp³-hybridized carbons (Fsp3) is 0.619. The fourth-order valence-corrected chi connectivity index (χ4v) is 5.61. The first-order valence-electron chi connectivity index (χ1n) is 10.1. The molecule has 0 aliphatic carbocycles. The summed E-state index contributed by atoms with van der Waals surface area (Å²) in [5, 5.41) is 0. The van der Waals surface area contributed by atoms with Gasteiger partial charge in [-0.05, 0) is 43.4 Å². The lowest BCUT2D eigenvalue weighted by Gasteiger charge is -2.34. The van der Waals surface area contributed by atoms with Crippen LogP contribution in [0.1, 0.15) is 44.5 Å². The van der Waals surface area contributed by atoms with Crippen molar-refractivity contribution in [2.24, 2.45) is 17.8 Å². The van der Waals surface area contributed by atoms with E-state index >= 15 is 0 Å². The summed E-state index contributed by atoms with van der Waals surface area (Å²) < 4.78 is 32.5. The molecular weight excluding hydrogens is 392 g/mol. The Balaban J connectivity index is 2.25. The maximum atomic E-state index is 13.1. The van der Waals surface area contributed by atoms with E-state index in [1.165, 1.54) is 28.4 Å². The van der Waals surface area contributed by atoms with E-state index < -0.39 is 15.9 Å². The average Bonchev–Trinajstić information content (AvgIpc) is 2.70. The van der Waals surface area contributed by atoms with E-state index in [0.29, 0.717) is 37.0 Å². The van der Waals surface area contributed by atoms with Crippen LogP contribution in [-0.4, -0.2) is 62.8 Å². The highest BCUT2D eigenvalue weighted by Crippen LogP contribution is 2.27. The van der Waals surface area contributed by atoms with Crippen LogP contribution in [0.3, 0.4) is 0 Å². The summed E-state index contributed by atoms with van der Waals surface area (Å²) in [6.45, 7) is 9.21. The lowest BCUT2D eigenvalue weighted by atomic mass is 9.94. The van der Waals surface area contributed by atoms with Crippen LogP contribution in [-0.2, 0) is 19.6 Å². The largest absolute Gasteiger partial charge is 0.469 e. The molecule has 1 heterocycles. The number of nitrogens with zero attached hydrogens (tertiary/aromatic N) is 2. The van der Waals surface area contributed by atoms with E-state index in [9.17, 15) is 18.0 Å². The van der Waals surface area contributed by atoms with Gasteiger partial charge in [0.2, 0.25) is 10.0 Å². The number of esters is 1. The summed E-state index contributed by atoms with van der Waals surface area (Å²) in [4.78, 5) is 26.3. The first-order valence-corrected chi connectivity index (χ1v) is 11.5. The number of amides is 1. The molecular formula is C21H32N2O5S. The first-order chi connectivity index (χ1) is 13.6. The molecule has 0 spiro atoms. The molecule has 29 heavy (non-hydrogen) atoms. The SMILES string of the molecule is CCN(CC(C)C(=O)OC)C(=O)c1cccc(S(=O)(=O)N2CC(C)CC(C)C2)c1. The Labute approximate surface area is 174 Å². The quantitative estimate of drug-likeness (QED) is 0.628. The summed E-state index contributed by atoms with van der Waals surface area (Å²) in [6.07, 6.45) is 1.01. The molecule has 3 atom stereocenters. The molecule has 2 rings (SSSR count). The van der Waals surface area contributed by atoms with Gasteiger partial charge in [0.1, 0.15) is 0 Å². The number of hydrogen-bond donors (Lipinski definition) is 0. The predicted octanol–water partition coefficient (Wildman–Crippen LogP) is 2.62. The Hall–Kier alpha value is -1.93. The second-order valence-corrected chi connectivity index (χ2v) is 10.0. The molecule has 1 aromatic rings. The number of carbonyl (C=O) groups excluding carboxylic acids is 2. The van der Waals surface area contributed by atoms with Crippen LogP contribution in [0.4, 0.5) is 0 Å². The standard InChI is InChI=1S/C21H32N2O5S/c1-6-22(14-17(4)21(25)28-5)20(24)18-8-7-9-19(11-18)29(26,27)23-12-15(2)10-16(3)13-23/h7-9,11,15-17H,6,10,12-14H2,1-5H3. The molecule has 7 nitrogen and oxygen atoms in total. The highest BCUT2D eigenvalue weighted by Gasteiger charge is 2.32. The lowest BCUT2D eigenvalue weighted by Crippen LogP contribution is -2.42. The van der Waals surface area contributed by atoms with Crippen LogP contribution >= 0.6 is 0 Å². The van der Waals surface area contributed by atoms with Crippen molar-refractivity contribution < 1.29 is 22.7 Å². The van der Waals surface area contributed by atoms with Gasteiger partial charge in [0, 0.05) is 31.7 Å². The number of ether oxygens (including phenoxy) is 1. The maximum Gasteiger partial charge on any atom is 0.310 e. The molecule has 0 aromatic heterocycles. The van der Waals surface area contributed by atoms with Gasteiger partial charge in [-0.25, -0.2) is 8.42 Å². The third-order valence-electron chi connectivity index (χ3n) is 5.32. The minimum atomic E-state index is -3.67. The Morgan fingerprint density at radius 3 is 2.41 bits per heavy atom. The van der Waals surface area contributed by atoms with Gasteiger partial charge >= 0.3 is 5.97 Å². The summed E-state index contributed by atoms with van der Waals surface area (Å²) in [7, 11) is -2.36. The highest BCUT2D eigenvalue weighted by atomic mass is 32.2. The van der Waals surface area contributed by atoms with Gasteiger partial charge in [0.05, 0.1) is 17.9 Å². The lowest BCUT2D eigenvalue weighted by molar-refractivity contribution is -0.145. The molecule has 0 bridgehead atoms. The van der Waals surface area contributed by atoms with Crippen LogP contribution in [0.2, 0.25) is 0 Å². The first kappa shape index (κ1) is 23.3. The zero-order valence-corrected chi connectivity index (χ0v) is 18.7. The van der Waals surface area contributed by atoms with Gasteiger partial charge in [-0.1, -0.05) is 26.8 Å². The summed E-state index contributed by atoms with van der Waals surface area (Å²) in [5.74, 6) is -0.559. The van der Waals surface area contributed by atoms with Crippen LogP contribution in [0.25, 0.3) is 0 Å². The van der Waals surface area contributed by atoms with Crippen molar-refractivity contribution in [3.63, 3.8) is 0 Å². The van der Waals surface area contributed by atoms with Crippen LogP contribution < -0.4 is 0 Å². The van der Waals surface area contributed by atoms with Crippen molar-refractivity contribution in [1.82, 2.24) is 9.21 Å². The topological polar surface area (TPSA) is 84.0 Å². The number of piperidine rings is 1. The van der Waals surface area contributed by atoms with E-state index in [0.717, 1.165) is 6.42 Å². The summed E-state index contributed by atoms with van der Waals surface area (Å²) in [5.41, 5.74) is 0.295. The fourth-order valence-electron chi connectivity index (χ4n) is 3.89. The second kappa shape index (κ2) is 9.71. The van der Waals surface area contributed by atoms with Crippen molar-refractivity contribution in [1.29, 1.82) is 0 Å². The smallest absolute Gasteiger partial charge is 0.310 e. The minimum absolute atomic E-state index is 0.127. The number of sulfonamides is 1. The van der Waals surface area contributed by atoms with Crippen LogP contribution in [0.5, 0.6) is 0 Å². The Morgan fingerprint density at radius 1 is 1.24 bits per heavy atom.